The average Bonchev–Trinajstić information content (AvgIpc) is 2.49. The second kappa shape index (κ2) is 6.35. The summed E-state index contributed by atoms with van der Waals surface area (Å²) >= 11 is 0. The average molecular weight is 338 g/mol. The molecule has 0 heterocycles. The maximum absolute atomic E-state index is 13.5. The van der Waals surface area contributed by atoms with Gasteiger partial charge in [0.05, 0.1) is 17.7 Å². The molecule has 0 aliphatic heterocycles. The van der Waals surface area contributed by atoms with Crippen molar-refractivity contribution < 1.29 is 22.3 Å². The molecular formula is C15H15FN2O4S. The molecule has 1 amide bonds. The third-order valence-corrected chi connectivity index (χ3v) is 4.09. The summed E-state index contributed by atoms with van der Waals surface area (Å²) in [5.41, 5.74) is 0.622. The quantitative estimate of drug-likeness (QED) is 0.891. The zero-order valence-electron chi connectivity index (χ0n) is 12.5. The molecular weight excluding hydrogens is 323 g/mol. The van der Waals surface area contributed by atoms with Gasteiger partial charge in [-0.1, -0.05) is 6.07 Å². The first kappa shape index (κ1) is 16.9. The van der Waals surface area contributed by atoms with Crippen LogP contribution in [-0.4, -0.2) is 21.4 Å². The van der Waals surface area contributed by atoms with Crippen molar-refractivity contribution in [1.29, 1.82) is 0 Å². The van der Waals surface area contributed by atoms with E-state index in [1.54, 1.807) is 6.92 Å². The number of rotatable bonds is 4. The fraction of sp³-hybridized carbons (Fsp3) is 0.133. The Morgan fingerprint density at radius 1 is 1.22 bits per heavy atom. The zero-order valence-corrected chi connectivity index (χ0v) is 13.3. The van der Waals surface area contributed by atoms with Gasteiger partial charge in [0.1, 0.15) is 11.6 Å². The number of benzene rings is 2. The molecule has 23 heavy (non-hydrogen) atoms. The van der Waals surface area contributed by atoms with Crippen LogP contribution in [-0.2, 0) is 10.0 Å². The first-order chi connectivity index (χ1) is 10.7. The van der Waals surface area contributed by atoms with E-state index in [0.717, 1.165) is 6.07 Å². The minimum Gasteiger partial charge on any atom is -0.495 e. The van der Waals surface area contributed by atoms with E-state index in [1.165, 1.54) is 37.4 Å². The molecule has 0 atom stereocenters. The van der Waals surface area contributed by atoms with Gasteiger partial charge in [0.2, 0.25) is 10.0 Å². The number of anilines is 1. The van der Waals surface area contributed by atoms with Crippen LogP contribution in [0.15, 0.2) is 41.3 Å². The molecule has 2 aromatic rings. The number of hydrogen-bond acceptors (Lipinski definition) is 4. The molecule has 0 unspecified atom stereocenters. The second-order valence-electron chi connectivity index (χ2n) is 4.83. The van der Waals surface area contributed by atoms with Gasteiger partial charge >= 0.3 is 0 Å². The number of aryl methyl sites for hydroxylation is 1. The van der Waals surface area contributed by atoms with Crippen molar-refractivity contribution in [2.45, 2.75) is 11.8 Å². The molecule has 2 aromatic carbocycles. The highest BCUT2D eigenvalue weighted by Crippen LogP contribution is 2.27. The van der Waals surface area contributed by atoms with Gasteiger partial charge in [-0.25, -0.2) is 17.9 Å². The zero-order chi connectivity index (χ0) is 17.2. The van der Waals surface area contributed by atoms with E-state index in [9.17, 15) is 17.6 Å². The number of methoxy groups -OCH3 is 1. The summed E-state index contributed by atoms with van der Waals surface area (Å²) < 4.78 is 41.4. The van der Waals surface area contributed by atoms with Crippen LogP contribution in [0.5, 0.6) is 5.75 Å². The first-order valence-electron chi connectivity index (χ1n) is 6.50. The number of nitrogens with two attached hydrogens (primary N) is 1. The van der Waals surface area contributed by atoms with E-state index >= 15 is 0 Å². The lowest BCUT2D eigenvalue weighted by Gasteiger charge is -2.12. The predicted octanol–water partition coefficient (Wildman–Crippen LogP) is 2.04. The Balaban J connectivity index is 2.37. The Kier molecular flexibility index (Phi) is 4.67. The van der Waals surface area contributed by atoms with Gasteiger partial charge in [-0.15, -0.1) is 0 Å². The van der Waals surface area contributed by atoms with Gasteiger partial charge in [0.25, 0.3) is 5.91 Å². The molecule has 2 rings (SSSR count). The van der Waals surface area contributed by atoms with Crippen LogP contribution in [0.4, 0.5) is 10.1 Å². The summed E-state index contributed by atoms with van der Waals surface area (Å²) in [7, 11) is -2.56. The van der Waals surface area contributed by atoms with Crippen LogP contribution in [0.1, 0.15) is 15.9 Å². The maximum atomic E-state index is 13.5. The predicted molar refractivity (Wildman–Crippen MR) is 83.5 cm³/mol. The highest BCUT2D eigenvalue weighted by molar-refractivity contribution is 7.89. The molecule has 0 saturated carbocycles. The molecule has 0 radical (unpaired) electrons. The Bertz CT molecular complexity index is 866. The summed E-state index contributed by atoms with van der Waals surface area (Å²) in [6.45, 7) is 1.58. The van der Waals surface area contributed by atoms with E-state index in [4.69, 9.17) is 9.88 Å². The number of amides is 1. The standard InChI is InChI=1S/C15H15FN2O4S/c1-9-3-4-10(7-12(9)16)15(19)18-13-8-11(23(17,20)21)5-6-14(13)22-2/h3-8H,1-2H3,(H,18,19)(H2,17,20,21). The Morgan fingerprint density at radius 3 is 2.48 bits per heavy atom. The van der Waals surface area contributed by atoms with Gasteiger partial charge in [-0.2, -0.15) is 0 Å². The molecule has 3 N–H and O–H groups in total. The van der Waals surface area contributed by atoms with Crippen molar-refractivity contribution in [2.75, 3.05) is 12.4 Å². The molecule has 0 bridgehead atoms. The van der Waals surface area contributed by atoms with Gasteiger partial charge in [0.15, 0.2) is 0 Å². The molecule has 8 heteroatoms. The smallest absolute Gasteiger partial charge is 0.255 e. The van der Waals surface area contributed by atoms with Crippen molar-refractivity contribution in [3.63, 3.8) is 0 Å². The van der Waals surface area contributed by atoms with Crippen LogP contribution in [0, 0.1) is 12.7 Å². The SMILES string of the molecule is COc1ccc(S(N)(=O)=O)cc1NC(=O)c1ccc(C)c(F)c1. The van der Waals surface area contributed by atoms with Crippen molar-refractivity contribution in [3.05, 3.63) is 53.3 Å². The summed E-state index contributed by atoms with van der Waals surface area (Å²) in [4.78, 5) is 12.0. The third-order valence-electron chi connectivity index (χ3n) is 3.18. The lowest BCUT2D eigenvalue weighted by atomic mass is 10.1. The number of nitrogens with one attached hydrogen (secondary N) is 1. The second-order valence-corrected chi connectivity index (χ2v) is 6.39. The Morgan fingerprint density at radius 2 is 1.91 bits per heavy atom. The van der Waals surface area contributed by atoms with Crippen LogP contribution in [0.3, 0.4) is 0 Å². The van der Waals surface area contributed by atoms with Crippen LogP contribution >= 0.6 is 0 Å². The largest absolute Gasteiger partial charge is 0.495 e. The van der Waals surface area contributed by atoms with Gasteiger partial charge in [0, 0.05) is 5.56 Å². The Hall–Kier alpha value is -2.45. The maximum Gasteiger partial charge on any atom is 0.255 e. The molecule has 0 aromatic heterocycles. The van der Waals surface area contributed by atoms with Crippen LogP contribution < -0.4 is 15.2 Å². The summed E-state index contributed by atoms with van der Waals surface area (Å²) in [5, 5.41) is 7.55. The van der Waals surface area contributed by atoms with Gasteiger partial charge in [-0.3, -0.25) is 4.79 Å². The molecule has 0 spiro atoms. The topological polar surface area (TPSA) is 98.5 Å². The molecule has 0 aliphatic carbocycles. The fourth-order valence-electron chi connectivity index (χ4n) is 1.89. The van der Waals surface area contributed by atoms with Crippen molar-refractivity contribution >= 4 is 21.6 Å². The minimum atomic E-state index is -3.93. The number of carbonyl (C=O) groups is 1. The first-order valence-corrected chi connectivity index (χ1v) is 8.05. The number of primary sulfonamides is 1. The van der Waals surface area contributed by atoms with Gasteiger partial charge in [-0.05, 0) is 42.8 Å². The monoisotopic (exact) mass is 338 g/mol. The number of sulfonamides is 1. The van der Waals surface area contributed by atoms with Crippen molar-refractivity contribution in [1.82, 2.24) is 0 Å². The summed E-state index contributed by atoms with van der Waals surface area (Å²) in [6, 6.07) is 7.84. The highest BCUT2D eigenvalue weighted by Gasteiger charge is 2.15. The van der Waals surface area contributed by atoms with E-state index in [-0.39, 0.29) is 21.9 Å². The molecule has 122 valence electrons. The third kappa shape index (κ3) is 3.85. The van der Waals surface area contributed by atoms with Crippen LogP contribution in [0.25, 0.3) is 0 Å². The normalized spacial score (nSPS) is 11.1. The van der Waals surface area contributed by atoms with E-state index in [0.29, 0.717) is 5.56 Å². The molecule has 0 fully saturated rings. The summed E-state index contributed by atoms with van der Waals surface area (Å²) in [6.07, 6.45) is 0. The van der Waals surface area contributed by atoms with Crippen LogP contribution in [0.2, 0.25) is 0 Å². The van der Waals surface area contributed by atoms with E-state index < -0.39 is 21.7 Å². The fourth-order valence-corrected chi connectivity index (χ4v) is 2.43. The highest BCUT2D eigenvalue weighted by atomic mass is 32.2. The lowest BCUT2D eigenvalue weighted by molar-refractivity contribution is 0.102. The van der Waals surface area contributed by atoms with E-state index in [1.807, 2.05) is 0 Å². The number of carbonyl (C=O) groups excluding carboxylic acids is 1. The Labute approximate surface area is 133 Å². The molecule has 0 saturated heterocycles. The molecule has 0 aliphatic rings. The van der Waals surface area contributed by atoms with Crippen molar-refractivity contribution in [2.24, 2.45) is 5.14 Å². The summed E-state index contributed by atoms with van der Waals surface area (Å²) in [5.74, 6) is -0.866. The number of ether oxygens (including phenoxy) is 1. The van der Waals surface area contributed by atoms with Crippen molar-refractivity contribution in [3.8, 4) is 5.75 Å². The number of halogens is 1. The van der Waals surface area contributed by atoms with Gasteiger partial charge < -0.3 is 10.1 Å². The molecule has 6 nitrogen and oxygen atoms in total. The minimum absolute atomic E-state index is 0.0937. The van der Waals surface area contributed by atoms with E-state index in [2.05, 4.69) is 5.32 Å². The lowest BCUT2D eigenvalue weighted by Crippen LogP contribution is -2.15. The number of hydrogen-bond donors (Lipinski definition) is 2.